The van der Waals surface area contributed by atoms with Gasteiger partial charge in [0.05, 0.1) is 11.7 Å². The molecule has 1 atom stereocenters. The number of rotatable bonds is 45. The zero-order chi connectivity index (χ0) is 43.4. The number of unbranched alkanes of at least 4 members (excludes halogenated alkanes) is 25. The smallest absolute Gasteiger partial charge is 0.306 e. The summed E-state index contributed by atoms with van der Waals surface area (Å²) in [5.41, 5.74) is 0.638. The SMILES string of the molecule is CCCCCCCC/C=C\CCCCCCCCC(CCCCCCCC/C=C\CCCCCCCC)OC(=O)CCCN(C)CC(O)CCCCNC(=O)c1cc[nH]c1. The number of hydrogen-bond donors (Lipinski definition) is 3. The van der Waals surface area contributed by atoms with Crippen molar-refractivity contribution in [3.8, 4) is 0 Å². The summed E-state index contributed by atoms with van der Waals surface area (Å²) < 4.78 is 6.12. The molecule has 1 aromatic rings. The molecule has 1 aromatic heterocycles. The molecule has 0 bridgehead atoms. The second-order valence-corrected chi connectivity index (χ2v) is 17.9. The third kappa shape index (κ3) is 37.4. The first-order valence-corrected chi connectivity index (χ1v) is 25.7. The molecule has 0 saturated heterocycles. The van der Waals surface area contributed by atoms with Gasteiger partial charge in [-0.05, 0) is 122 Å². The number of H-pyrrole nitrogens is 1. The standard InChI is InChI=1S/C53H97N3O4/c1-4-6-8-10-12-14-16-18-20-22-24-26-28-30-32-34-40-51(41-35-33-31-29-27-25-23-21-19-17-15-13-11-9-7-5-2)60-52(58)42-38-46-56(3)48-50(57)39-36-37-44-55-53(59)49-43-45-54-47-49/h18-21,43,45,47,50-51,54,57H,4-17,22-42,44,46,48H2,1-3H3,(H,55,59)/b20-18-,21-19-. The highest BCUT2D eigenvalue weighted by Gasteiger charge is 2.15. The Kier molecular flexibility index (Phi) is 40.1. The van der Waals surface area contributed by atoms with Gasteiger partial charge < -0.3 is 25.0 Å². The van der Waals surface area contributed by atoms with Gasteiger partial charge in [-0.2, -0.15) is 0 Å². The Hall–Kier alpha value is -2.38. The van der Waals surface area contributed by atoms with Crippen LogP contribution >= 0.6 is 0 Å². The molecule has 3 N–H and O–H groups in total. The van der Waals surface area contributed by atoms with Gasteiger partial charge in [0.2, 0.25) is 0 Å². The number of likely N-dealkylation sites (N-methyl/N-ethyl adjacent to an activating group) is 1. The lowest BCUT2D eigenvalue weighted by Gasteiger charge is -2.21. The van der Waals surface area contributed by atoms with Gasteiger partial charge in [0.1, 0.15) is 6.10 Å². The number of esters is 1. The second-order valence-electron chi connectivity index (χ2n) is 17.9. The molecule has 0 aliphatic rings. The number of nitrogens with one attached hydrogen (secondary N) is 2. The van der Waals surface area contributed by atoms with Gasteiger partial charge >= 0.3 is 5.97 Å². The van der Waals surface area contributed by atoms with Gasteiger partial charge in [-0.25, -0.2) is 0 Å². The summed E-state index contributed by atoms with van der Waals surface area (Å²) in [4.78, 5) is 30.0. The van der Waals surface area contributed by atoms with Gasteiger partial charge in [0, 0.05) is 31.9 Å². The lowest BCUT2D eigenvalue weighted by atomic mass is 10.0. The lowest BCUT2D eigenvalue weighted by molar-refractivity contribution is -0.150. The predicted molar refractivity (Wildman–Crippen MR) is 258 cm³/mol. The maximum atomic E-state index is 13.0. The molecule has 0 aromatic carbocycles. The van der Waals surface area contributed by atoms with E-state index in [9.17, 15) is 14.7 Å². The monoisotopic (exact) mass is 840 g/mol. The van der Waals surface area contributed by atoms with Crippen LogP contribution in [0.1, 0.15) is 249 Å². The van der Waals surface area contributed by atoms with Crippen molar-refractivity contribution in [1.29, 1.82) is 0 Å². The maximum absolute atomic E-state index is 13.0. The number of aliphatic hydroxyl groups excluding tert-OH is 1. The number of aromatic amines is 1. The van der Waals surface area contributed by atoms with Crippen LogP contribution in [0.4, 0.5) is 0 Å². The van der Waals surface area contributed by atoms with Crippen LogP contribution in [-0.4, -0.2) is 65.8 Å². The Labute approximate surface area is 371 Å². The molecule has 1 rings (SSSR count). The number of aliphatic hydroxyl groups is 1. The van der Waals surface area contributed by atoms with Crippen molar-refractivity contribution in [1.82, 2.24) is 15.2 Å². The molecule has 1 heterocycles. The van der Waals surface area contributed by atoms with Crippen LogP contribution in [0.5, 0.6) is 0 Å². The normalized spacial score (nSPS) is 12.4. The number of hydrogen-bond acceptors (Lipinski definition) is 5. The quantitative estimate of drug-likeness (QED) is 0.0345. The molecule has 0 aliphatic carbocycles. The zero-order valence-electron chi connectivity index (χ0n) is 39.7. The molecular weight excluding hydrogens is 743 g/mol. The molecule has 0 fully saturated rings. The van der Waals surface area contributed by atoms with Gasteiger partial charge in [0.25, 0.3) is 5.91 Å². The maximum Gasteiger partial charge on any atom is 0.306 e. The fourth-order valence-electron chi connectivity index (χ4n) is 8.06. The Morgan fingerprint density at radius 2 is 1.08 bits per heavy atom. The second kappa shape index (κ2) is 43.3. The van der Waals surface area contributed by atoms with Gasteiger partial charge in [-0.3, -0.25) is 9.59 Å². The molecule has 1 amide bonds. The Morgan fingerprint density at radius 1 is 0.633 bits per heavy atom. The van der Waals surface area contributed by atoms with E-state index in [2.05, 4.69) is 53.4 Å². The van der Waals surface area contributed by atoms with Crippen molar-refractivity contribution in [3.05, 3.63) is 48.3 Å². The molecule has 348 valence electrons. The van der Waals surface area contributed by atoms with Crippen LogP contribution < -0.4 is 5.32 Å². The first-order chi connectivity index (χ1) is 29.5. The highest BCUT2D eigenvalue weighted by Crippen LogP contribution is 2.19. The summed E-state index contributed by atoms with van der Waals surface area (Å²) in [5, 5.41) is 13.5. The van der Waals surface area contributed by atoms with Crippen molar-refractivity contribution in [2.24, 2.45) is 0 Å². The first-order valence-electron chi connectivity index (χ1n) is 25.7. The molecule has 60 heavy (non-hydrogen) atoms. The molecule has 7 heteroatoms. The lowest BCUT2D eigenvalue weighted by Crippen LogP contribution is -2.30. The van der Waals surface area contributed by atoms with Crippen molar-refractivity contribution in [3.63, 3.8) is 0 Å². The number of aromatic nitrogens is 1. The van der Waals surface area contributed by atoms with Crippen LogP contribution in [0.15, 0.2) is 42.8 Å². The number of carbonyl (C=O) groups is 2. The predicted octanol–water partition coefficient (Wildman–Crippen LogP) is 14.8. The van der Waals surface area contributed by atoms with E-state index in [1.165, 1.54) is 167 Å². The van der Waals surface area contributed by atoms with Crippen molar-refractivity contribution >= 4 is 11.9 Å². The highest BCUT2D eigenvalue weighted by atomic mass is 16.5. The van der Waals surface area contributed by atoms with E-state index in [0.717, 1.165) is 51.5 Å². The van der Waals surface area contributed by atoms with E-state index in [0.29, 0.717) is 31.5 Å². The fraction of sp³-hybridized carbons (Fsp3) is 0.811. The topological polar surface area (TPSA) is 94.7 Å². The number of nitrogens with zero attached hydrogens (tertiary/aromatic N) is 1. The van der Waals surface area contributed by atoms with Crippen LogP contribution in [0.25, 0.3) is 0 Å². The van der Waals surface area contributed by atoms with Crippen molar-refractivity contribution < 1.29 is 19.4 Å². The summed E-state index contributed by atoms with van der Waals surface area (Å²) in [6.07, 6.45) is 54.7. The summed E-state index contributed by atoms with van der Waals surface area (Å²) in [5.74, 6) is -0.136. The van der Waals surface area contributed by atoms with Crippen molar-refractivity contribution in [2.45, 2.75) is 251 Å². The van der Waals surface area contributed by atoms with E-state index < -0.39 is 6.10 Å². The van der Waals surface area contributed by atoms with E-state index >= 15 is 0 Å². The Bertz CT molecular complexity index is 1080. The van der Waals surface area contributed by atoms with E-state index in [1.54, 1.807) is 18.5 Å². The molecule has 1 unspecified atom stereocenters. The molecule has 0 radical (unpaired) electrons. The van der Waals surface area contributed by atoms with Crippen LogP contribution in [0.2, 0.25) is 0 Å². The summed E-state index contributed by atoms with van der Waals surface area (Å²) in [6.45, 7) is 6.50. The van der Waals surface area contributed by atoms with Crippen LogP contribution in [0.3, 0.4) is 0 Å². The largest absolute Gasteiger partial charge is 0.462 e. The van der Waals surface area contributed by atoms with Crippen LogP contribution in [-0.2, 0) is 9.53 Å². The minimum absolute atomic E-state index is 0.0402. The third-order valence-electron chi connectivity index (χ3n) is 11.9. The summed E-state index contributed by atoms with van der Waals surface area (Å²) in [7, 11) is 2.01. The minimum atomic E-state index is -0.417. The first kappa shape index (κ1) is 55.6. The zero-order valence-corrected chi connectivity index (χ0v) is 39.7. The Balaban J connectivity index is 2.27. The number of carbonyl (C=O) groups excluding carboxylic acids is 2. The van der Waals surface area contributed by atoms with Crippen LogP contribution in [0, 0.1) is 0 Å². The molecule has 0 spiro atoms. The van der Waals surface area contributed by atoms with E-state index in [1.807, 2.05) is 7.05 Å². The van der Waals surface area contributed by atoms with E-state index in [-0.39, 0.29) is 18.0 Å². The average molecular weight is 840 g/mol. The number of amides is 1. The fourth-order valence-corrected chi connectivity index (χ4v) is 8.06. The van der Waals surface area contributed by atoms with Gasteiger partial charge in [-0.1, -0.05) is 154 Å². The average Bonchev–Trinajstić information content (AvgIpc) is 3.79. The number of allylic oxidation sites excluding steroid dienone is 4. The summed E-state index contributed by atoms with van der Waals surface area (Å²) >= 11 is 0. The molecule has 0 aliphatic heterocycles. The highest BCUT2D eigenvalue weighted by molar-refractivity contribution is 5.93. The summed E-state index contributed by atoms with van der Waals surface area (Å²) in [6, 6.07) is 1.76. The molecular formula is C53H97N3O4. The van der Waals surface area contributed by atoms with E-state index in [4.69, 9.17) is 4.74 Å². The van der Waals surface area contributed by atoms with Gasteiger partial charge in [0.15, 0.2) is 0 Å². The molecule has 0 saturated carbocycles. The minimum Gasteiger partial charge on any atom is -0.462 e. The molecule has 7 nitrogen and oxygen atoms in total. The van der Waals surface area contributed by atoms with Gasteiger partial charge in [-0.15, -0.1) is 0 Å². The van der Waals surface area contributed by atoms with Crippen molar-refractivity contribution in [2.75, 3.05) is 26.7 Å². The number of ether oxygens (including phenoxy) is 1. The third-order valence-corrected chi connectivity index (χ3v) is 11.9. The Morgan fingerprint density at radius 3 is 1.55 bits per heavy atom.